The highest BCUT2D eigenvalue weighted by Crippen LogP contribution is 2.28. The molecule has 1 aromatic rings. The quantitative estimate of drug-likeness (QED) is 0.640. The molecule has 1 aromatic carbocycles. The lowest BCUT2D eigenvalue weighted by Crippen LogP contribution is -1.90. The molecule has 0 aromatic heterocycles. The van der Waals surface area contributed by atoms with E-state index >= 15 is 0 Å². The van der Waals surface area contributed by atoms with Gasteiger partial charge in [0, 0.05) is 12.0 Å². The van der Waals surface area contributed by atoms with Gasteiger partial charge >= 0.3 is 0 Å². The van der Waals surface area contributed by atoms with Crippen molar-refractivity contribution in [3.05, 3.63) is 42.0 Å². The molecule has 68 valence electrons. The number of fused-ring (bicyclic) bond motifs is 1. The van der Waals surface area contributed by atoms with Gasteiger partial charge in [-0.2, -0.15) is 0 Å². The molecule has 0 spiro atoms. The van der Waals surface area contributed by atoms with Crippen LogP contribution >= 0.6 is 0 Å². The minimum atomic E-state index is 0.848. The van der Waals surface area contributed by atoms with Crippen molar-refractivity contribution in [1.82, 2.24) is 0 Å². The Morgan fingerprint density at radius 3 is 3.23 bits per heavy atom. The fourth-order valence-corrected chi connectivity index (χ4v) is 1.78. The molecule has 0 aliphatic carbocycles. The van der Waals surface area contributed by atoms with Crippen LogP contribution < -0.4 is 4.74 Å². The predicted octanol–water partition coefficient (Wildman–Crippen LogP) is 2.74. The number of rotatable bonds is 3. The lowest BCUT2D eigenvalue weighted by molar-refractivity contribution is 0.357. The molecule has 0 fully saturated rings. The van der Waals surface area contributed by atoms with Crippen molar-refractivity contribution < 1.29 is 4.74 Å². The second-order valence-electron chi connectivity index (χ2n) is 3.32. The molecule has 13 heavy (non-hydrogen) atoms. The van der Waals surface area contributed by atoms with E-state index in [9.17, 15) is 0 Å². The molecular weight excluding hydrogens is 160 g/mol. The smallest absolute Gasteiger partial charge is 0.122 e. The molecule has 0 N–H and O–H groups in total. The van der Waals surface area contributed by atoms with Crippen LogP contribution in [0.1, 0.15) is 17.5 Å². The van der Waals surface area contributed by atoms with Crippen molar-refractivity contribution in [2.75, 3.05) is 6.61 Å². The molecule has 1 nitrogen and oxygen atoms in total. The average molecular weight is 174 g/mol. The zero-order valence-corrected chi connectivity index (χ0v) is 7.75. The van der Waals surface area contributed by atoms with Gasteiger partial charge in [-0.1, -0.05) is 18.2 Å². The summed E-state index contributed by atoms with van der Waals surface area (Å²) in [6.07, 6.45) is 5.18. The molecule has 1 aliphatic heterocycles. The monoisotopic (exact) mass is 174 g/mol. The van der Waals surface area contributed by atoms with E-state index in [-0.39, 0.29) is 0 Å². The van der Waals surface area contributed by atoms with Crippen LogP contribution in [-0.2, 0) is 12.8 Å². The van der Waals surface area contributed by atoms with Crippen LogP contribution in [0.25, 0.3) is 0 Å². The maximum Gasteiger partial charge on any atom is 0.122 e. The van der Waals surface area contributed by atoms with Crippen molar-refractivity contribution in [1.29, 1.82) is 0 Å². The summed E-state index contributed by atoms with van der Waals surface area (Å²) in [6, 6.07) is 6.32. The number of aryl methyl sites for hydroxylation is 1. The minimum absolute atomic E-state index is 0.848. The Hall–Kier alpha value is -1.24. The van der Waals surface area contributed by atoms with Crippen LogP contribution in [0.5, 0.6) is 5.75 Å². The van der Waals surface area contributed by atoms with E-state index in [1.54, 1.807) is 0 Å². The minimum Gasteiger partial charge on any atom is -0.493 e. The van der Waals surface area contributed by atoms with Gasteiger partial charge in [-0.15, -0.1) is 6.58 Å². The first-order chi connectivity index (χ1) is 6.42. The van der Waals surface area contributed by atoms with Crippen molar-refractivity contribution in [3.63, 3.8) is 0 Å². The van der Waals surface area contributed by atoms with Gasteiger partial charge in [0.25, 0.3) is 0 Å². The third kappa shape index (κ3) is 1.59. The molecule has 0 unspecified atom stereocenters. The van der Waals surface area contributed by atoms with Crippen LogP contribution in [0.3, 0.4) is 0 Å². The summed E-state index contributed by atoms with van der Waals surface area (Å²) in [6.45, 7) is 4.59. The van der Waals surface area contributed by atoms with Gasteiger partial charge in [-0.25, -0.2) is 0 Å². The Balaban J connectivity index is 2.25. The van der Waals surface area contributed by atoms with Crippen molar-refractivity contribution >= 4 is 0 Å². The Labute approximate surface area is 79.0 Å². The highest BCUT2D eigenvalue weighted by Gasteiger charge is 2.14. The fraction of sp³-hybridized carbons (Fsp3) is 0.333. The van der Waals surface area contributed by atoms with E-state index < -0.39 is 0 Å². The molecular formula is C12H14O. The molecule has 0 amide bonds. The number of benzene rings is 1. The van der Waals surface area contributed by atoms with Crippen LogP contribution in [-0.4, -0.2) is 6.61 Å². The second-order valence-corrected chi connectivity index (χ2v) is 3.32. The second kappa shape index (κ2) is 3.65. The van der Waals surface area contributed by atoms with E-state index in [1.807, 2.05) is 6.08 Å². The summed E-state index contributed by atoms with van der Waals surface area (Å²) in [5.74, 6) is 1.08. The van der Waals surface area contributed by atoms with Gasteiger partial charge in [0.05, 0.1) is 6.61 Å². The van der Waals surface area contributed by atoms with Crippen LogP contribution in [0.2, 0.25) is 0 Å². The summed E-state index contributed by atoms with van der Waals surface area (Å²) in [5.41, 5.74) is 2.83. The first kappa shape index (κ1) is 8.36. The Morgan fingerprint density at radius 1 is 1.46 bits per heavy atom. The molecule has 0 saturated heterocycles. The van der Waals surface area contributed by atoms with E-state index in [2.05, 4.69) is 24.8 Å². The van der Waals surface area contributed by atoms with Gasteiger partial charge in [0.1, 0.15) is 5.75 Å². The first-order valence-electron chi connectivity index (χ1n) is 4.76. The third-order valence-electron chi connectivity index (χ3n) is 2.46. The number of hydrogen-bond donors (Lipinski definition) is 0. The lowest BCUT2D eigenvalue weighted by atomic mass is 10.0. The standard InChI is InChI=1S/C12H14O/c1-2-3-5-10-6-4-7-12-11(10)8-9-13-12/h2,4,6-7H,1,3,5,8-9H2. The maximum atomic E-state index is 5.49. The van der Waals surface area contributed by atoms with Gasteiger partial charge in [-0.3, -0.25) is 0 Å². The van der Waals surface area contributed by atoms with Crippen LogP contribution in [0.15, 0.2) is 30.9 Å². The number of allylic oxidation sites excluding steroid dienone is 1. The maximum absolute atomic E-state index is 5.49. The average Bonchev–Trinajstić information content (AvgIpc) is 2.62. The predicted molar refractivity (Wildman–Crippen MR) is 54.2 cm³/mol. The highest BCUT2D eigenvalue weighted by molar-refractivity contribution is 5.42. The van der Waals surface area contributed by atoms with E-state index in [1.165, 1.54) is 11.1 Å². The van der Waals surface area contributed by atoms with Crippen molar-refractivity contribution in [2.45, 2.75) is 19.3 Å². The molecule has 0 saturated carbocycles. The molecule has 0 radical (unpaired) electrons. The van der Waals surface area contributed by atoms with E-state index in [4.69, 9.17) is 4.74 Å². The molecule has 0 bridgehead atoms. The molecule has 1 aliphatic rings. The molecule has 2 rings (SSSR count). The van der Waals surface area contributed by atoms with Gasteiger partial charge in [0.15, 0.2) is 0 Å². The summed E-state index contributed by atoms with van der Waals surface area (Å²) in [7, 11) is 0. The summed E-state index contributed by atoms with van der Waals surface area (Å²) in [4.78, 5) is 0. The van der Waals surface area contributed by atoms with Crippen LogP contribution in [0, 0.1) is 0 Å². The van der Waals surface area contributed by atoms with Crippen molar-refractivity contribution in [2.24, 2.45) is 0 Å². The molecule has 1 heteroatoms. The summed E-state index contributed by atoms with van der Waals surface area (Å²) < 4.78 is 5.49. The third-order valence-corrected chi connectivity index (χ3v) is 2.46. The number of hydrogen-bond acceptors (Lipinski definition) is 1. The van der Waals surface area contributed by atoms with Crippen LogP contribution in [0.4, 0.5) is 0 Å². The van der Waals surface area contributed by atoms with Crippen molar-refractivity contribution in [3.8, 4) is 5.75 Å². The van der Waals surface area contributed by atoms with Gasteiger partial charge in [0.2, 0.25) is 0 Å². The normalized spacial score (nSPS) is 13.5. The largest absolute Gasteiger partial charge is 0.493 e. The number of ether oxygens (including phenoxy) is 1. The first-order valence-corrected chi connectivity index (χ1v) is 4.76. The van der Waals surface area contributed by atoms with Gasteiger partial charge in [-0.05, 0) is 24.5 Å². The zero-order chi connectivity index (χ0) is 9.10. The van der Waals surface area contributed by atoms with E-state index in [0.717, 1.165) is 31.6 Å². The fourth-order valence-electron chi connectivity index (χ4n) is 1.78. The topological polar surface area (TPSA) is 9.23 Å². The highest BCUT2D eigenvalue weighted by atomic mass is 16.5. The lowest BCUT2D eigenvalue weighted by Gasteiger charge is -2.04. The summed E-state index contributed by atoms with van der Waals surface area (Å²) >= 11 is 0. The molecule has 1 heterocycles. The van der Waals surface area contributed by atoms with Gasteiger partial charge < -0.3 is 4.74 Å². The Bertz CT molecular complexity index is 315. The Kier molecular flexibility index (Phi) is 2.35. The zero-order valence-electron chi connectivity index (χ0n) is 7.75. The SMILES string of the molecule is C=CCCc1cccc2c1CCO2. The molecule has 0 atom stereocenters. The summed E-state index contributed by atoms with van der Waals surface area (Å²) in [5, 5.41) is 0. The van der Waals surface area contributed by atoms with E-state index in [0.29, 0.717) is 0 Å². The Morgan fingerprint density at radius 2 is 2.38 bits per heavy atom.